The molecule has 1 aliphatic heterocycles. The number of ether oxygens (including phenoxy) is 2. The van der Waals surface area contributed by atoms with Crippen LogP contribution in [0, 0.1) is 13.8 Å². The van der Waals surface area contributed by atoms with Crippen LogP contribution in [0.5, 0.6) is 11.5 Å². The number of rotatable bonds is 6. The molecule has 0 fully saturated rings. The van der Waals surface area contributed by atoms with Gasteiger partial charge in [-0.15, -0.1) is 0 Å². The van der Waals surface area contributed by atoms with Gasteiger partial charge in [0.25, 0.3) is 0 Å². The van der Waals surface area contributed by atoms with Crippen LogP contribution in [0.25, 0.3) is 0 Å². The molecule has 2 amide bonds. The normalized spacial score (nSPS) is 12.0. The van der Waals surface area contributed by atoms with E-state index in [1.807, 2.05) is 50.2 Å². The maximum atomic E-state index is 12.3. The lowest BCUT2D eigenvalue weighted by Crippen LogP contribution is -2.31. The highest BCUT2D eigenvalue weighted by Crippen LogP contribution is 2.32. The molecule has 0 unspecified atom stereocenters. The Bertz CT molecular complexity index is 863. The summed E-state index contributed by atoms with van der Waals surface area (Å²) in [5.41, 5.74) is 3.91. The van der Waals surface area contributed by atoms with Gasteiger partial charge in [0.15, 0.2) is 11.5 Å². The summed E-state index contributed by atoms with van der Waals surface area (Å²) >= 11 is 0. The predicted octanol–water partition coefficient (Wildman–Crippen LogP) is 3.41. The second-order valence-corrected chi connectivity index (χ2v) is 6.74. The fourth-order valence-corrected chi connectivity index (χ4v) is 3.01. The summed E-state index contributed by atoms with van der Waals surface area (Å²) in [4.78, 5) is 25.9. The first-order valence-electron chi connectivity index (χ1n) is 8.93. The largest absolute Gasteiger partial charge is 0.454 e. The first-order chi connectivity index (χ1) is 12.9. The van der Waals surface area contributed by atoms with E-state index in [1.54, 1.807) is 4.90 Å². The highest BCUT2D eigenvalue weighted by atomic mass is 16.7. The van der Waals surface area contributed by atoms with Crippen molar-refractivity contribution in [2.75, 3.05) is 18.7 Å². The molecular weight excluding hydrogens is 344 g/mol. The minimum Gasteiger partial charge on any atom is -0.454 e. The van der Waals surface area contributed by atoms with Gasteiger partial charge in [-0.2, -0.15) is 0 Å². The van der Waals surface area contributed by atoms with Crippen LogP contribution in [0.3, 0.4) is 0 Å². The molecule has 6 nitrogen and oxygen atoms in total. The predicted molar refractivity (Wildman–Crippen MR) is 103 cm³/mol. The van der Waals surface area contributed by atoms with Crippen LogP contribution < -0.4 is 14.8 Å². The third-order valence-electron chi connectivity index (χ3n) is 4.52. The molecule has 3 rings (SSSR count). The lowest BCUT2D eigenvalue weighted by atomic mass is 10.1. The maximum Gasteiger partial charge on any atom is 0.231 e. The molecule has 0 saturated carbocycles. The minimum atomic E-state index is -0.112. The Kier molecular flexibility index (Phi) is 5.64. The number of carbonyl (C=O) groups is 2. The zero-order valence-electron chi connectivity index (χ0n) is 15.9. The number of hydrogen-bond acceptors (Lipinski definition) is 4. The van der Waals surface area contributed by atoms with Gasteiger partial charge in [-0.1, -0.05) is 23.8 Å². The Morgan fingerprint density at radius 2 is 1.85 bits per heavy atom. The lowest BCUT2D eigenvalue weighted by Gasteiger charge is -2.21. The zero-order valence-corrected chi connectivity index (χ0v) is 15.9. The number of anilines is 1. The number of fused-ring (bicyclic) bond motifs is 1. The fraction of sp³-hybridized carbons (Fsp3) is 0.333. The van der Waals surface area contributed by atoms with Gasteiger partial charge >= 0.3 is 0 Å². The van der Waals surface area contributed by atoms with Gasteiger partial charge in [0.1, 0.15) is 0 Å². The van der Waals surface area contributed by atoms with Gasteiger partial charge in [0.05, 0.1) is 0 Å². The van der Waals surface area contributed by atoms with Crippen LogP contribution in [0.15, 0.2) is 36.4 Å². The number of benzene rings is 2. The Labute approximate surface area is 159 Å². The number of aryl methyl sites for hydroxylation is 2. The molecule has 142 valence electrons. The van der Waals surface area contributed by atoms with Crippen LogP contribution in [0.4, 0.5) is 5.69 Å². The van der Waals surface area contributed by atoms with E-state index in [4.69, 9.17) is 9.47 Å². The molecule has 0 spiro atoms. The van der Waals surface area contributed by atoms with Gasteiger partial charge < -0.3 is 19.7 Å². The molecule has 27 heavy (non-hydrogen) atoms. The molecule has 6 heteroatoms. The van der Waals surface area contributed by atoms with Crippen molar-refractivity contribution >= 4 is 17.5 Å². The Morgan fingerprint density at radius 3 is 2.59 bits per heavy atom. The highest BCUT2D eigenvalue weighted by Gasteiger charge is 2.16. The average molecular weight is 368 g/mol. The van der Waals surface area contributed by atoms with Crippen molar-refractivity contribution in [3.63, 3.8) is 0 Å². The summed E-state index contributed by atoms with van der Waals surface area (Å²) in [5.74, 6) is 1.20. The van der Waals surface area contributed by atoms with E-state index in [2.05, 4.69) is 5.32 Å². The van der Waals surface area contributed by atoms with Crippen LogP contribution in [-0.2, 0) is 16.1 Å². The number of hydrogen-bond donors (Lipinski definition) is 1. The molecule has 0 saturated heterocycles. The number of nitrogens with zero attached hydrogens (tertiary/aromatic N) is 1. The number of amides is 2. The summed E-state index contributed by atoms with van der Waals surface area (Å²) in [7, 11) is 0. The number of carbonyl (C=O) groups excluding carboxylic acids is 2. The van der Waals surface area contributed by atoms with Crippen LogP contribution in [0.2, 0.25) is 0 Å². The first kappa shape index (κ1) is 18.8. The molecule has 1 heterocycles. The quantitative estimate of drug-likeness (QED) is 0.848. The molecule has 0 atom stereocenters. The average Bonchev–Trinajstić information content (AvgIpc) is 3.08. The van der Waals surface area contributed by atoms with Gasteiger partial charge in [-0.25, -0.2) is 0 Å². The minimum absolute atomic E-state index is 0.0769. The summed E-state index contributed by atoms with van der Waals surface area (Å²) < 4.78 is 10.7. The van der Waals surface area contributed by atoms with Crippen molar-refractivity contribution in [2.45, 2.75) is 33.7 Å². The maximum absolute atomic E-state index is 12.3. The second-order valence-electron chi connectivity index (χ2n) is 6.74. The van der Waals surface area contributed by atoms with Crippen molar-refractivity contribution in [1.29, 1.82) is 0 Å². The molecule has 0 bridgehead atoms. The molecule has 1 aliphatic rings. The fourth-order valence-electron chi connectivity index (χ4n) is 3.01. The zero-order chi connectivity index (χ0) is 19.4. The first-order valence-corrected chi connectivity index (χ1v) is 8.93. The van der Waals surface area contributed by atoms with E-state index in [9.17, 15) is 9.59 Å². The van der Waals surface area contributed by atoms with Crippen LogP contribution in [-0.4, -0.2) is 30.1 Å². The van der Waals surface area contributed by atoms with E-state index >= 15 is 0 Å². The van der Waals surface area contributed by atoms with Crippen molar-refractivity contribution < 1.29 is 19.1 Å². The van der Waals surface area contributed by atoms with Crippen molar-refractivity contribution in [2.24, 2.45) is 0 Å². The van der Waals surface area contributed by atoms with E-state index in [0.717, 1.165) is 22.4 Å². The monoisotopic (exact) mass is 368 g/mol. The second kappa shape index (κ2) is 8.12. The molecule has 0 aromatic heterocycles. The third kappa shape index (κ3) is 4.78. The lowest BCUT2D eigenvalue weighted by molar-refractivity contribution is -0.129. The third-order valence-corrected chi connectivity index (χ3v) is 4.52. The molecular formula is C21H24N2O4. The standard InChI is InChI=1S/C21H24N2O4/c1-14-4-6-18(15(2)10-14)22-21(25)8-9-23(16(3)24)12-17-5-7-19-20(11-17)27-13-26-19/h4-7,10-11H,8-9,12-13H2,1-3H3,(H,22,25). The van der Waals surface area contributed by atoms with Crippen molar-refractivity contribution in [3.8, 4) is 11.5 Å². The summed E-state index contributed by atoms with van der Waals surface area (Å²) in [6.07, 6.45) is 0.234. The van der Waals surface area contributed by atoms with E-state index in [0.29, 0.717) is 24.6 Å². The van der Waals surface area contributed by atoms with E-state index < -0.39 is 0 Å². The van der Waals surface area contributed by atoms with Gasteiger partial charge in [0.2, 0.25) is 18.6 Å². The molecule has 0 aliphatic carbocycles. The highest BCUT2D eigenvalue weighted by molar-refractivity contribution is 5.91. The summed E-state index contributed by atoms with van der Waals surface area (Å²) in [5, 5.41) is 2.92. The smallest absolute Gasteiger partial charge is 0.231 e. The molecule has 2 aromatic rings. The van der Waals surface area contributed by atoms with Crippen LogP contribution >= 0.6 is 0 Å². The topological polar surface area (TPSA) is 67.9 Å². The Balaban J connectivity index is 1.58. The Hall–Kier alpha value is -3.02. The van der Waals surface area contributed by atoms with E-state index in [-0.39, 0.29) is 25.0 Å². The molecule has 0 radical (unpaired) electrons. The van der Waals surface area contributed by atoms with Gasteiger partial charge in [-0.3, -0.25) is 9.59 Å². The molecule has 2 aromatic carbocycles. The van der Waals surface area contributed by atoms with Crippen molar-refractivity contribution in [1.82, 2.24) is 4.90 Å². The Morgan fingerprint density at radius 1 is 1.07 bits per heavy atom. The SMILES string of the molecule is CC(=O)N(CCC(=O)Nc1ccc(C)cc1C)Cc1ccc2c(c1)OCO2. The van der Waals surface area contributed by atoms with Crippen molar-refractivity contribution in [3.05, 3.63) is 53.1 Å². The van der Waals surface area contributed by atoms with Gasteiger partial charge in [-0.05, 0) is 43.2 Å². The summed E-state index contributed by atoms with van der Waals surface area (Å²) in [6, 6.07) is 11.5. The number of nitrogens with one attached hydrogen (secondary N) is 1. The van der Waals surface area contributed by atoms with Crippen LogP contribution in [0.1, 0.15) is 30.0 Å². The van der Waals surface area contributed by atoms with E-state index in [1.165, 1.54) is 6.92 Å². The summed E-state index contributed by atoms with van der Waals surface area (Å²) in [6.45, 7) is 6.47. The van der Waals surface area contributed by atoms with Gasteiger partial charge in [0, 0.05) is 32.1 Å². The molecule has 1 N–H and O–H groups in total.